The molecule has 12 heavy (non-hydrogen) atoms. The van der Waals surface area contributed by atoms with Crippen LogP contribution in [0.2, 0.25) is 0 Å². The van der Waals surface area contributed by atoms with E-state index < -0.39 is 12.0 Å². The summed E-state index contributed by atoms with van der Waals surface area (Å²) in [6.07, 6.45) is 0.940. The van der Waals surface area contributed by atoms with Crippen molar-refractivity contribution in [2.75, 3.05) is 11.5 Å². The van der Waals surface area contributed by atoms with Gasteiger partial charge >= 0.3 is 5.97 Å². The van der Waals surface area contributed by atoms with Crippen LogP contribution in [0.3, 0.4) is 0 Å². The molecule has 1 atom stereocenters. The lowest BCUT2D eigenvalue weighted by Crippen LogP contribution is -2.32. The van der Waals surface area contributed by atoms with Crippen LogP contribution in [0.1, 0.15) is 13.3 Å². The van der Waals surface area contributed by atoms with E-state index in [1.54, 1.807) is 0 Å². The summed E-state index contributed by atoms with van der Waals surface area (Å²) >= 11 is 1.52. The Morgan fingerprint density at radius 3 is 2.75 bits per heavy atom. The van der Waals surface area contributed by atoms with Crippen molar-refractivity contribution in [1.29, 1.82) is 0 Å². The normalized spacial score (nSPS) is 12.5. The highest BCUT2D eigenvalue weighted by Crippen LogP contribution is 2.09. The summed E-state index contributed by atoms with van der Waals surface area (Å²) in [5.41, 5.74) is 6.42. The maximum absolute atomic E-state index is 10.3. The molecule has 0 saturated carbocycles. The highest BCUT2D eigenvalue weighted by Gasteiger charge is 2.10. The molecule has 0 bridgehead atoms. The number of carboxylic acids is 1. The molecule has 0 fully saturated rings. The van der Waals surface area contributed by atoms with Crippen molar-refractivity contribution in [3.63, 3.8) is 0 Å². The summed E-state index contributed by atoms with van der Waals surface area (Å²) in [5, 5.41) is 8.44. The van der Waals surface area contributed by atoms with E-state index >= 15 is 0 Å². The van der Waals surface area contributed by atoms with Gasteiger partial charge in [-0.1, -0.05) is 19.1 Å². The van der Waals surface area contributed by atoms with E-state index in [1.807, 2.05) is 6.92 Å². The monoisotopic (exact) mass is 189 g/mol. The fourth-order valence-electron chi connectivity index (χ4n) is 0.504. The molecule has 0 saturated heterocycles. The summed E-state index contributed by atoms with van der Waals surface area (Å²) in [6, 6.07) is -0.750. The standard InChI is InChI=1S/C8H15NO2S/c1-3-6(2)4-12-5-7(9)8(10)11/h7H,2-5,9H2,1H3,(H,10,11). The van der Waals surface area contributed by atoms with E-state index in [2.05, 4.69) is 6.58 Å². The predicted molar refractivity (Wildman–Crippen MR) is 52.4 cm³/mol. The first-order chi connectivity index (χ1) is 5.57. The van der Waals surface area contributed by atoms with Crippen molar-refractivity contribution < 1.29 is 9.90 Å². The zero-order valence-corrected chi connectivity index (χ0v) is 8.06. The summed E-state index contributed by atoms with van der Waals surface area (Å²) in [6.45, 7) is 5.83. The number of carbonyl (C=O) groups is 1. The second-order valence-corrected chi connectivity index (χ2v) is 3.59. The van der Waals surface area contributed by atoms with Crippen molar-refractivity contribution in [1.82, 2.24) is 0 Å². The topological polar surface area (TPSA) is 63.3 Å². The van der Waals surface area contributed by atoms with E-state index in [0.29, 0.717) is 5.75 Å². The third kappa shape index (κ3) is 5.21. The Balaban J connectivity index is 3.43. The summed E-state index contributed by atoms with van der Waals surface area (Å²) in [4.78, 5) is 10.3. The van der Waals surface area contributed by atoms with Gasteiger partial charge in [0.2, 0.25) is 0 Å². The van der Waals surface area contributed by atoms with E-state index in [0.717, 1.165) is 17.7 Å². The van der Waals surface area contributed by atoms with Crippen molar-refractivity contribution in [3.05, 3.63) is 12.2 Å². The molecule has 0 aliphatic heterocycles. The lowest BCUT2D eigenvalue weighted by Gasteiger charge is -2.05. The molecule has 0 aromatic carbocycles. The molecule has 0 amide bonds. The van der Waals surface area contributed by atoms with Gasteiger partial charge in [-0.25, -0.2) is 0 Å². The molecule has 0 aromatic heterocycles. The molecule has 0 spiro atoms. The lowest BCUT2D eigenvalue weighted by atomic mass is 10.3. The number of rotatable bonds is 6. The van der Waals surface area contributed by atoms with E-state index in [-0.39, 0.29) is 0 Å². The molecule has 0 aliphatic carbocycles. The Morgan fingerprint density at radius 1 is 1.75 bits per heavy atom. The van der Waals surface area contributed by atoms with Gasteiger partial charge in [0, 0.05) is 11.5 Å². The Kier molecular flexibility index (Phi) is 5.84. The molecular formula is C8H15NO2S. The third-order valence-corrected chi connectivity index (χ3v) is 2.63. The first-order valence-electron chi connectivity index (χ1n) is 3.80. The summed E-state index contributed by atoms with van der Waals surface area (Å²) < 4.78 is 0. The van der Waals surface area contributed by atoms with Gasteiger partial charge in [-0.15, -0.1) is 0 Å². The summed E-state index contributed by atoms with van der Waals surface area (Å²) in [5.74, 6) is 0.316. The first kappa shape index (κ1) is 11.5. The van der Waals surface area contributed by atoms with Crippen LogP contribution in [-0.2, 0) is 4.79 Å². The molecule has 0 heterocycles. The van der Waals surface area contributed by atoms with Crippen LogP contribution >= 0.6 is 11.8 Å². The molecule has 1 unspecified atom stereocenters. The van der Waals surface area contributed by atoms with Crippen molar-refractivity contribution in [2.45, 2.75) is 19.4 Å². The van der Waals surface area contributed by atoms with E-state index in [1.165, 1.54) is 11.8 Å². The minimum atomic E-state index is -0.940. The quantitative estimate of drug-likeness (QED) is 0.614. The van der Waals surface area contributed by atoms with Crippen molar-refractivity contribution in [3.8, 4) is 0 Å². The van der Waals surface area contributed by atoms with Crippen LogP contribution < -0.4 is 5.73 Å². The largest absolute Gasteiger partial charge is 0.480 e. The molecule has 0 rings (SSSR count). The van der Waals surface area contributed by atoms with Gasteiger partial charge in [0.05, 0.1) is 0 Å². The van der Waals surface area contributed by atoms with E-state index in [4.69, 9.17) is 10.8 Å². The molecule has 0 aliphatic rings. The van der Waals surface area contributed by atoms with Crippen LogP contribution in [0.15, 0.2) is 12.2 Å². The Hall–Kier alpha value is -0.480. The zero-order valence-electron chi connectivity index (χ0n) is 7.25. The second-order valence-electron chi connectivity index (χ2n) is 2.56. The molecular weight excluding hydrogens is 174 g/mol. The fraction of sp³-hybridized carbons (Fsp3) is 0.625. The number of nitrogens with two attached hydrogens (primary N) is 1. The minimum absolute atomic E-state index is 0.453. The predicted octanol–water partition coefficient (Wildman–Crippen LogP) is 1.10. The second kappa shape index (κ2) is 6.08. The number of hydrogen-bond donors (Lipinski definition) is 2. The first-order valence-corrected chi connectivity index (χ1v) is 4.96. The Labute approximate surface area is 77.0 Å². The summed E-state index contributed by atoms with van der Waals surface area (Å²) in [7, 11) is 0. The fourth-order valence-corrected chi connectivity index (χ4v) is 1.51. The average molecular weight is 189 g/mol. The molecule has 0 aromatic rings. The third-order valence-electron chi connectivity index (χ3n) is 1.42. The number of carboxylic acid groups (broad SMARTS) is 1. The molecule has 3 nitrogen and oxygen atoms in total. The van der Waals surface area contributed by atoms with Gasteiger partial charge in [-0.3, -0.25) is 4.79 Å². The number of hydrogen-bond acceptors (Lipinski definition) is 3. The highest BCUT2D eigenvalue weighted by atomic mass is 32.2. The van der Waals surface area contributed by atoms with Gasteiger partial charge in [-0.2, -0.15) is 11.8 Å². The van der Waals surface area contributed by atoms with Crippen LogP contribution in [0.25, 0.3) is 0 Å². The molecule has 4 heteroatoms. The highest BCUT2D eigenvalue weighted by molar-refractivity contribution is 7.99. The molecule has 0 radical (unpaired) electrons. The smallest absolute Gasteiger partial charge is 0.321 e. The SMILES string of the molecule is C=C(CC)CSCC(N)C(=O)O. The van der Waals surface area contributed by atoms with Crippen molar-refractivity contribution in [2.24, 2.45) is 5.73 Å². The number of thioether (sulfide) groups is 1. The zero-order chi connectivity index (χ0) is 9.56. The van der Waals surface area contributed by atoms with Gasteiger partial charge in [0.1, 0.15) is 6.04 Å². The van der Waals surface area contributed by atoms with Crippen molar-refractivity contribution >= 4 is 17.7 Å². The van der Waals surface area contributed by atoms with Crippen LogP contribution in [0.5, 0.6) is 0 Å². The molecule has 70 valence electrons. The van der Waals surface area contributed by atoms with Crippen LogP contribution in [0.4, 0.5) is 0 Å². The van der Waals surface area contributed by atoms with E-state index in [9.17, 15) is 4.79 Å². The lowest BCUT2D eigenvalue weighted by molar-refractivity contribution is -0.137. The Morgan fingerprint density at radius 2 is 2.33 bits per heavy atom. The van der Waals surface area contributed by atoms with Crippen LogP contribution in [-0.4, -0.2) is 28.6 Å². The van der Waals surface area contributed by atoms with Crippen LogP contribution in [0, 0.1) is 0 Å². The van der Waals surface area contributed by atoms with Gasteiger partial charge < -0.3 is 10.8 Å². The van der Waals surface area contributed by atoms with Gasteiger partial charge in [-0.05, 0) is 6.42 Å². The van der Waals surface area contributed by atoms with Gasteiger partial charge in [0.15, 0.2) is 0 Å². The van der Waals surface area contributed by atoms with Gasteiger partial charge in [0.25, 0.3) is 0 Å². The Bertz CT molecular complexity index is 170. The maximum Gasteiger partial charge on any atom is 0.321 e. The average Bonchev–Trinajstić information content (AvgIpc) is 2.03. The maximum atomic E-state index is 10.3. The number of aliphatic carboxylic acids is 1. The molecule has 3 N–H and O–H groups in total. The minimum Gasteiger partial charge on any atom is -0.480 e.